The van der Waals surface area contributed by atoms with Gasteiger partial charge in [0.2, 0.25) is 0 Å². The van der Waals surface area contributed by atoms with E-state index >= 15 is 0 Å². The van der Waals surface area contributed by atoms with E-state index in [9.17, 15) is 40.9 Å². The molecule has 0 aliphatic heterocycles. The Morgan fingerprint density at radius 3 is 0.646 bits per heavy atom. The number of rotatable bonds is 58. The second-order valence-corrected chi connectivity index (χ2v) is 31.4. The fourth-order valence-electron chi connectivity index (χ4n) is 6.24. The molecule has 0 rings (SSSR count). The Bertz CT molecular complexity index is 1170. The molecular weight excluding hydrogens is 1290 g/mol. The van der Waals surface area contributed by atoms with Crippen molar-refractivity contribution in [1.82, 2.24) is 19.6 Å². The van der Waals surface area contributed by atoms with Gasteiger partial charge in [0.05, 0.1) is 48.8 Å². The largest absolute Gasteiger partial charge is 0.390 e. The quantitative estimate of drug-likeness (QED) is 0.0157. The standard InChI is InChI=1S/C26H56N2O4S7.C15H33NS4.C11H25NO4S4.H2/c1-27(19-36-13-9-4-3-7-11-33)20-37-14-10-6-5-8-12-35-16-25(31)26(32)18-39-22-28(2)21-38-17-24(30)23(29)15-34;1-16(14-19-12-8-4-2-6-10-17)15-20-13-9-5-3-7-11-18;1-12(6-19-4-10(15)8(13)2-17)7-20-5-11(16)9(14)3-18;/h23-26,29-34H,3-22H2,1-2H3;17-18H,2-15H2,1H3;8-11,13-18H,2-7H2,1H3;1H/i;;;1+1. The number of aliphatic hydroxyl groups is 8. The third kappa shape index (κ3) is 65.5. The Hall–Kier alpha value is 4.77. The normalized spacial score (nSPS) is 15.0. The number of aliphatic hydroxyl groups excluding tert-OH is 8. The molecule has 27 heteroatoms. The van der Waals surface area contributed by atoms with E-state index in [0.717, 1.165) is 46.5 Å². The van der Waals surface area contributed by atoms with Crippen molar-refractivity contribution in [1.29, 1.82) is 0 Å². The van der Waals surface area contributed by atoms with E-state index < -0.39 is 48.8 Å². The van der Waals surface area contributed by atoms with E-state index in [0.29, 0.717) is 40.5 Å². The molecule has 0 bridgehead atoms. The average Bonchev–Trinajstić information content (AvgIpc) is 3.44. The van der Waals surface area contributed by atoms with Gasteiger partial charge in [0.15, 0.2) is 0 Å². The molecule has 8 atom stereocenters. The molecule has 482 valence electrons. The first kappa shape index (κ1) is 88.0. The summed E-state index contributed by atoms with van der Waals surface area (Å²) in [4.78, 5) is 8.99. The summed E-state index contributed by atoms with van der Waals surface area (Å²) >= 11 is 40.8. The SMILES string of the molecule is CN(CSCC(O)C(O)CS)CSCC(O)C(O)CS.CN(CSCCCCCCS)CSCCCCCCS.CN(CSCCCCCCS)CSCCCCCCSCC(O)C(O)CSCN(C)CSCC(O)C(O)CS.[2HH]. The van der Waals surface area contributed by atoms with E-state index in [1.165, 1.54) is 161 Å². The Labute approximate surface area is 556 Å². The molecule has 0 heterocycles. The lowest BCUT2D eigenvalue weighted by Gasteiger charge is -2.21. The summed E-state index contributed by atoms with van der Waals surface area (Å²) in [6.07, 6.45) is 14.8. The molecule has 0 fully saturated rings. The number of nitrogens with zero attached hydrogens (tertiary/aromatic N) is 4. The first-order valence-corrected chi connectivity index (χ1v) is 42.3. The van der Waals surface area contributed by atoms with E-state index in [4.69, 9.17) is 0 Å². The van der Waals surface area contributed by atoms with Crippen molar-refractivity contribution in [2.45, 2.75) is 152 Å². The van der Waals surface area contributed by atoms with Gasteiger partial charge in [0.1, 0.15) is 0 Å². The van der Waals surface area contributed by atoms with Crippen molar-refractivity contribution in [2.75, 3.05) is 167 Å². The van der Waals surface area contributed by atoms with Gasteiger partial charge in [-0.15, -0.1) is 94.1 Å². The van der Waals surface area contributed by atoms with E-state index in [1.54, 1.807) is 35.3 Å². The highest BCUT2D eigenvalue weighted by atomic mass is 32.2. The number of hydrogen-bond acceptors (Lipinski definition) is 27. The van der Waals surface area contributed by atoms with Crippen LogP contribution in [0.3, 0.4) is 0 Å². The van der Waals surface area contributed by atoms with Gasteiger partial charge < -0.3 is 40.9 Å². The third-order valence-electron chi connectivity index (χ3n) is 11.2. The maximum absolute atomic E-state index is 10.2. The Morgan fingerprint density at radius 2 is 0.430 bits per heavy atom. The number of thiol groups is 6. The summed E-state index contributed by atoms with van der Waals surface area (Å²) in [6, 6.07) is 0. The Balaban J connectivity index is -0.000000593. The molecule has 0 amide bonds. The van der Waals surface area contributed by atoms with Crippen LogP contribution in [0.15, 0.2) is 0 Å². The monoisotopic (exact) mass is 1410 g/mol. The molecule has 12 nitrogen and oxygen atoms in total. The van der Waals surface area contributed by atoms with Gasteiger partial charge in [0.25, 0.3) is 0 Å². The lowest BCUT2D eigenvalue weighted by molar-refractivity contribution is 0.0499. The highest BCUT2D eigenvalue weighted by molar-refractivity contribution is 8.01. The summed E-state index contributed by atoms with van der Waals surface area (Å²) in [5, 5.41) is 77.6. The summed E-state index contributed by atoms with van der Waals surface area (Å²) in [5.41, 5.74) is 0. The van der Waals surface area contributed by atoms with Crippen LogP contribution in [0.5, 0.6) is 0 Å². The molecule has 8 N–H and O–H groups in total. The predicted molar refractivity (Wildman–Crippen MR) is 394 cm³/mol. The first-order chi connectivity index (χ1) is 38.0. The van der Waals surface area contributed by atoms with Gasteiger partial charge in [0, 0.05) is 94.5 Å². The smallest absolute Gasteiger partial charge is 0.0897 e. The highest BCUT2D eigenvalue weighted by Gasteiger charge is 2.19. The van der Waals surface area contributed by atoms with Crippen LogP contribution in [0.4, 0.5) is 0 Å². The second-order valence-electron chi connectivity index (χ2n) is 19.6. The third-order valence-corrected chi connectivity index (χ3v) is 24.0. The Morgan fingerprint density at radius 1 is 0.253 bits per heavy atom. The minimum absolute atomic E-state index is 0. The molecule has 0 aromatic carbocycles. The molecule has 0 saturated carbocycles. The van der Waals surface area contributed by atoms with Gasteiger partial charge in [-0.1, -0.05) is 51.4 Å². The van der Waals surface area contributed by atoms with Gasteiger partial charge in [-0.25, -0.2) is 0 Å². The van der Waals surface area contributed by atoms with Crippen LogP contribution in [0.1, 0.15) is 104 Å². The van der Waals surface area contributed by atoms with Crippen molar-refractivity contribution in [3.63, 3.8) is 0 Å². The van der Waals surface area contributed by atoms with Gasteiger partial charge >= 0.3 is 0 Å². The predicted octanol–water partition coefficient (Wildman–Crippen LogP) is 9.90. The molecule has 0 aromatic heterocycles. The lowest BCUT2D eigenvalue weighted by Crippen LogP contribution is -2.32. The summed E-state index contributed by atoms with van der Waals surface area (Å²) in [5.74, 6) is 19.9. The average molecular weight is 1410 g/mol. The minimum atomic E-state index is -0.793. The zero-order valence-corrected chi connectivity index (χ0v) is 61.3. The minimum Gasteiger partial charge on any atom is -0.390 e. The zero-order valence-electron chi connectivity index (χ0n) is 48.6. The van der Waals surface area contributed by atoms with Gasteiger partial charge in [-0.05, 0) is 126 Å². The molecule has 0 aliphatic carbocycles. The second kappa shape index (κ2) is 68.7. The molecule has 79 heavy (non-hydrogen) atoms. The lowest BCUT2D eigenvalue weighted by atomic mass is 10.2. The van der Waals surface area contributed by atoms with Crippen molar-refractivity contribution < 1.29 is 42.3 Å². The van der Waals surface area contributed by atoms with Gasteiger partial charge in [-0.3, -0.25) is 19.6 Å². The summed E-state index contributed by atoms with van der Waals surface area (Å²) < 4.78 is 0. The summed E-state index contributed by atoms with van der Waals surface area (Å²) in [7, 11) is 8.37. The van der Waals surface area contributed by atoms with Gasteiger partial charge in [-0.2, -0.15) is 87.5 Å². The molecule has 0 radical (unpaired) electrons. The van der Waals surface area contributed by atoms with Crippen LogP contribution in [-0.2, 0) is 0 Å². The number of thioether (sulfide) groups is 9. The molecule has 0 spiro atoms. The van der Waals surface area contributed by atoms with Crippen LogP contribution < -0.4 is 0 Å². The zero-order chi connectivity index (χ0) is 59.6. The van der Waals surface area contributed by atoms with Crippen molar-refractivity contribution in [2.24, 2.45) is 0 Å². The van der Waals surface area contributed by atoms with Crippen LogP contribution in [0.2, 0.25) is 0 Å². The highest BCUT2D eigenvalue weighted by Crippen LogP contribution is 2.19. The molecule has 0 aromatic rings. The van der Waals surface area contributed by atoms with Crippen LogP contribution >= 0.6 is 182 Å². The summed E-state index contributed by atoms with van der Waals surface area (Å²) in [6.45, 7) is 0. The number of unbranched alkanes of at least 4 members (excludes halogenated alkanes) is 12. The fraction of sp³-hybridized carbons (Fsp3) is 1.00. The fourth-order valence-corrected chi connectivity index (χ4v) is 16.8. The molecule has 0 aliphatic rings. The maximum Gasteiger partial charge on any atom is 0.0897 e. The van der Waals surface area contributed by atoms with Crippen LogP contribution in [0.25, 0.3) is 0 Å². The van der Waals surface area contributed by atoms with Crippen molar-refractivity contribution in [3.05, 3.63) is 0 Å². The first-order valence-electron chi connectivity index (χ1n) is 28.1. The van der Waals surface area contributed by atoms with Crippen LogP contribution in [0, 0.1) is 0 Å². The van der Waals surface area contributed by atoms with E-state index in [2.05, 4.69) is 140 Å². The van der Waals surface area contributed by atoms with Crippen molar-refractivity contribution in [3.8, 4) is 0 Å². The molecule has 0 saturated heterocycles. The van der Waals surface area contributed by atoms with Crippen molar-refractivity contribution >= 4 is 182 Å². The van der Waals surface area contributed by atoms with E-state index in [1.807, 2.05) is 30.8 Å². The van der Waals surface area contributed by atoms with E-state index in [-0.39, 0.29) is 18.7 Å². The Kier molecular flexibility index (Phi) is 76.5. The maximum atomic E-state index is 10.2. The number of hydrogen-bond donors (Lipinski definition) is 14. The molecule has 8 unspecified atom stereocenters. The molecular formula is C52H116N4O8S15. The topological polar surface area (TPSA) is 175 Å². The van der Waals surface area contributed by atoms with Crippen LogP contribution in [-0.4, -0.2) is 277 Å².